The second-order valence-electron chi connectivity index (χ2n) is 9.71. The molecule has 12 heteroatoms. The summed E-state index contributed by atoms with van der Waals surface area (Å²) in [6.45, 7) is -0.332. The van der Waals surface area contributed by atoms with Gasteiger partial charge in [0.25, 0.3) is 0 Å². The van der Waals surface area contributed by atoms with Crippen LogP contribution in [-0.4, -0.2) is 49.6 Å². The van der Waals surface area contributed by atoms with Crippen LogP contribution in [0.4, 0.5) is 0 Å². The molecule has 2 aromatic rings. The molecule has 0 saturated carbocycles. The first-order valence-corrected chi connectivity index (χ1v) is 15.5. The highest BCUT2D eigenvalue weighted by Gasteiger charge is 2.44. The highest BCUT2D eigenvalue weighted by Crippen LogP contribution is 2.50. The first-order chi connectivity index (χ1) is 19.0. The molecular formula is C28H25ClINO8S. The van der Waals surface area contributed by atoms with Crippen LogP contribution in [0.1, 0.15) is 50.0 Å². The quantitative estimate of drug-likeness (QED) is 0.306. The van der Waals surface area contributed by atoms with Crippen LogP contribution in [-0.2, 0) is 24.5 Å². The Bertz CT molecular complexity index is 1550. The minimum atomic E-state index is -4.23. The predicted molar refractivity (Wildman–Crippen MR) is 154 cm³/mol. The second-order valence-corrected chi connectivity index (χ2v) is 12.9. The maximum absolute atomic E-state index is 13.4. The standard InChI is InChI=1S/C28H25ClINO8S/c1-38-23-13-15(12-18(30)28(23)39-40(36,37)17-10-8-16(29)9-11-17)25-26-19(4-2-6-21(26)32)31(14-24(34)35)20-5-3-7-22(33)27(20)25/h8-13,25H,2-7,14H2,1H3,(H,34,35). The number of carbonyl (C=O) groups excluding carboxylic acids is 2. The van der Waals surface area contributed by atoms with Crippen LogP contribution >= 0.6 is 34.2 Å². The molecule has 0 fully saturated rings. The van der Waals surface area contributed by atoms with Crippen LogP contribution in [0.2, 0.25) is 5.02 Å². The van der Waals surface area contributed by atoms with E-state index in [1.54, 1.807) is 17.0 Å². The van der Waals surface area contributed by atoms with Crippen molar-refractivity contribution in [2.24, 2.45) is 0 Å². The van der Waals surface area contributed by atoms with Gasteiger partial charge in [-0.05, 0) is 90.2 Å². The summed E-state index contributed by atoms with van der Waals surface area (Å²) in [5.74, 6) is -1.95. The van der Waals surface area contributed by atoms with E-state index in [9.17, 15) is 27.9 Å². The van der Waals surface area contributed by atoms with Crippen molar-refractivity contribution in [2.45, 2.75) is 49.3 Å². The van der Waals surface area contributed by atoms with Gasteiger partial charge < -0.3 is 18.9 Å². The van der Waals surface area contributed by atoms with Crippen LogP contribution in [0, 0.1) is 3.57 Å². The van der Waals surface area contributed by atoms with Gasteiger partial charge in [-0.15, -0.1) is 0 Å². The van der Waals surface area contributed by atoms with Crippen molar-refractivity contribution < 1.29 is 36.8 Å². The summed E-state index contributed by atoms with van der Waals surface area (Å²) in [6, 6.07) is 8.83. The number of carboxylic acids is 1. The van der Waals surface area contributed by atoms with Crippen molar-refractivity contribution >= 4 is 61.8 Å². The Morgan fingerprint density at radius 2 is 1.60 bits per heavy atom. The average Bonchev–Trinajstić information content (AvgIpc) is 2.90. The number of allylic oxidation sites excluding steroid dienone is 4. The van der Waals surface area contributed by atoms with Crippen LogP contribution in [0.15, 0.2) is 63.8 Å². The summed E-state index contributed by atoms with van der Waals surface area (Å²) in [6.07, 6.45) is 2.80. The normalized spacial score (nSPS) is 18.0. The lowest BCUT2D eigenvalue weighted by atomic mass is 9.71. The molecule has 2 aliphatic carbocycles. The van der Waals surface area contributed by atoms with Crippen LogP contribution in [0.3, 0.4) is 0 Å². The molecule has 5 rings (SSSR count). The molecule has 0 amide bonds. The van der Waals surface area contributed by atoms with E-state index in [0.717, 1.165) is 0 Å². The van der Waals surface area contributed by atoms with E-state index in [2.05, 4.69) is 0 Å². The number of ether oxygens (including phenoxy) is 1. The van der Waals surface area contributed by atoms with Gasteiger partial charge >= 0.3 is 16.1 Å². The van der Waals surface area contributed by atoms with Crippen LogP contribution in [0.25, 0.3) is 0 Å². The summed E-state index contributed by atoms with van der Waals surface area (Å²) in [5, 5.41) is 10.0. The summed E-state index contributed by atoms with van der Waals surface area (Å²) < 4.78 is 37.5. The first-order valence-electron chi connectivity index (χ1n) is 12.6. The molecule has 1 heterocycles. The minimum Gasteiger partial charge on any atom is -0.493 e. The number of hydrogen-bond acceptors (Lipinski definition) is 8. The Morgan fingerprint density at radius 3 is 2.12 bits per heavy atom. The molecule has 1 N–H and O–H groups in total. The zero-order chi connectivity index (χ0) is 28.8. The molecular weight excluding hydrogens is 673 g/mol. The zero-order valence-corrected chi connectivity index (χ0v) is 25.1. The highest BCUT2D eigenvalue weighted by molar-refractivity contribution is 14.1. The van der Waals surface area contributed by atoms with Crippen molar-refractivity contribution in [3.05, 3.63) is 73.1 Å². The average molecular weight is 698 g/mol. The number of carboxylic acid groups (broad SMARTS) is 1. The predicted octanol–water partition coefficient (Wildman–Crippen LogP) is 5.22. The molecule has 3 aliphatic rings. The van der Waals surface area contributed by atoms with E-state index >= 15 is 0 Å². The lowest BCUT2D eigenvalue weighted by molar-refractivity contribution is -0.138. The fourth-order valence-corrected chi connectivity index (χ4v) is 7.59. The molecule has 0 saturated heterocycles. The Labute approximate surface area is 250 Å². The van der Waals surface area contributed by atoms with Crippen LogP contribution in [0.5, 0.6) is 11.5 Å². The lowest BCUT2D eigenvalue weighted by Gasteiger charge is -2.43. The smallest absolute Gasteiger partial charge is 0.339 e. The van der Waals surface area contributed by atoms with Gasteiger partial charge in [0.15, 0.2) is 23.1 Å². The molecule has 0 spiro atoms. The van der Waals surface area contributed by atoms with E-state index in [1.807, 2.05) is 22.6 Å². The maximum atomic E-state index is 13.4. The summed E-state index contributed by atoms with van der Waals surface area (Å²) in [5.41, 5.74) is 2.68. The Kier molecular flexibility index (Phi) is 7.99. The SMILES string of the molecule is COc1cc(C2C3=C(CCCC3=O)N(CC(=O)O)C3=C2C(=O)CCC3)cc(I)c1OS(=O)(=O)c1ccc(Cl)cc1. The Hall–Kier alpha value is -2.90. The summed E-state index contributed by atoms with van der Waals surface area (Å²) >= 11 is 7.83. The molecule has 0 radical (unpaired) electrons. The molecule has 0 bridgehead atoms. The molecule has 2 aromatic carbocycles. The van der Waals surface area contributed by atoms with E-state index < -0.39 is 22.0 Å². The first kappa shape index (κ1) is 28.6. The van der Waals surface area contributed by atoms with Gasteiger partial charge in [-0.1, -0.05) is 11.6 Å². The van der Waals surface area contributed by atoms with Gasteiger partial charge in [0.2, 0.25) is 0 Å². The third-order valence-corrected chi connectivity index (χ3v) is 9.55. The number of carbonyl (C=O) groups is 3. The molecule has 0 aromatic heterocycles. The number of methoxy groups -OCH3 is 1. The van der Waals surface area contributed by atoms with E-state index in [1.165, 1.54) is 31.4 Å². The van der Waals surface area contributed by atoms with E-state index in [-0.39, 0.29) is 34.5 Å². The van der Waals surface area contributed by atoms with Crippen molar-refractivity contribution in [2.75, 3.05) is 13.7 Å². The molecule has 210 valence electrons. The number of Topliss-reactive ketones (excluding diaryl/α,β-unsaturated/α-hetero) is 2. The number of ketones is 2. The Balaban J connectivity index is 1.65. The summed E-state index contributed by atoms with van der Waals surface area (Å²) in [4.78, 5) is 40.1. The van der Waals surface area contributed by atoms with Gasteiger partial charge in [-0.3, -0.25) is 14.4 Å². The van der Waals surface area contributed by atoms with Gasteiger partial charge in [0.05, 0.1) is 10.7 Å². The Morgan fingerprint density at radius 1 is 1.02 bits per heavy atom. The number of rotatable bonds is 7. The number of nitrogens with zero attached hydrogens (tertiary/aromatic N) is 1. The largest absolute Gasteiger partial charge is 0.493 e. The topological polar surface area (TPSA) is 127 Å². The van der Waals surface area contributed by atoms with Gasteiger partial charge in [-0.2, -0.15) is 8.42 Å². The van der Waals surface area contributed by atoms with Gasteiger partial charge in [0.1, 0.15) is 11.4 Å². The number of aliphatic carboxylic acids is 1. The summed E-state index contributed by atoms with van der Waals surface area (Å²) in [7, 11) is -2.86. The number of benzene rings is 2. The molecule has 40 heavy (non-hydrogen) atoms. The van der Waals surface area contributed by atoms with Gasteiger partial charge in [-0.25, -0.2) is 0 Å². The van der Waals surface area contributed by atoms with Crippen LogP contribution < -0.4 is 8.92 Å². The number of hydrogen-bond donors (Lipinski definition) is 1. The number of halogens is 2. The van der Waals surface area contributed by atoms with Gasteiger partial charge in [0, 0.05) is 46.3 Å². The lowest BCUT2D eigenvalue weighted by Crippen LogP contribution is -2.41. The maximum Gasteiger partial charge on any atom is 0.339 e. The highest BCUT2D eigenvalue weighted by atomic mass is 127. The molecule has 0 atom stereocenters. The van der Waals surface area contributed by atoms with Crippen molar-refractivity contribution in [3.63, 3.8) is 0 Å². The minimum absolute atomic E-state index is 0.0292. The second kappa shape index (κ2) is 11.2. The van der Waals surface area contributed by atoms with Crippen molar-refractivity contribution in [1.82, 2.24) is 4.90 Å². The molecule has 9 nitrogen and oxygen atoms in total. The third-order valence-electron chi connectivity index (χ3n) is 7.26. The third kappa shape index (κ3) is 5.26. The fourth-order valence-electron chi connectivity index (χ4n) is 5.62. The zero-order valence-electron chi connectivity index (χ0n) is 21.4. The van der Waals surface area contributed by atoms with Crippen molar-refractivity contribution in [1.29, 1.82) is 0 Å². The van der Waals surface area contributed by atoms with Crippen molar-refractivity contribution in [3.8, 4) is 11.5 Å². The monoisotopic (exact) mass is 697 g/mol. The molecule has 0 unspecified atom stereocenters. The van der Waals surface area contributed by atoms with E-state index in [0.29, 0.717) is 75.2 Å². The molecule has 1 aliphatic heterocycles. The van der Waals surface area contributed by atoms with E-state index in [4.69, 9.17) is 20.5 Å². The fraction of sp³-hybridized carbons (Fsp3) is 0.321.